The van der Waals surface area contributed by atoms with Crippen molar-refractivity contribution < 1.29 is 19.6 Å². The predicted octanol–water partition coefficient (Wildman–Crippen LogP) is 4.00. The minimum atomic E-state index is -1.24. The van der Waals surface area contributed by atoms with E-state index in [2.05, 4.69) is 22.6 Å². The Hall–Kier alpha value is -2.16. The van der Waals surface area contributed by atoms with Crippen molar-refractivity contribution in [1.29, 1.82) is 0 Å². The normalized spacial score (nSPS) is 10.2. The van der Waals surface area contributed by atoms with Gasteiger partial charge >= 0.3 is 5.97 Å². The first-order chi connectivity index (χ1) is 9.88. The van der Waals surface area contributed by atoms with Gasteiger partial charge in [0.25, 0.3) is 5.69 Å². The van der Waals surface area contributed by atoms with E-state index in [0.717, 1.165) is 9.64 Å². The number of benzene rings is 2. The molecule has 0 atom stereocenters. The number of carboxylic acid groups (broad SMARTS) is 1. The van der Waals surface area contributed by atoms with Crippen molar-refractivity contribution >= 4 is 34.2 Å². The van der Waals surface area contributed by atoms with Gasteiger partial charge in [-0.2, -0.15) is 0 Å². The molecule has 0 aliphatic carbocycles. The standard InChI is InChI=1S/C14H10INO5/c1-8-12(16(19)20)5-9(14(17)18)6-13(8)21-11-4-2-3-10(15)7-11/h2-7H,1H3,(H,17,18). The molecule has 2 rings (SSSR count). The molecule has 0 bridgehead atoms. The van der Waals surface area contributed by atoms with Gasteiger partial charge < -0.3 is 9.84 Å². The maximum Gasteiger partial charge on any atom is 0.336 e. The molecule has 0 aliphatic heterocycles. The van der Waals surface area contributed by atoms with E-state index in [1.54, 1.807) is 18.2 Å². The van der Waals surface area contributed by atoms with Crippen LogP contribution in [0.2, 0.25) is 0 Å². The molecular weight excluding hydrogens is 389 g/mol. The zero-order chi connectivity index (χ0) is 15.6. The van der Waals surface area contributed by atoms with E-state index in [9.17, 15) is 14.9 Å². The van der Waals surface area contributed by atoms with Gasteiger partial charge in [-0.3, -0.25) is 10.1 Å². The van der Waals surface area contributed by atoms with Crippen LogP contribution in [-0.4, -0.2) is 16.0 Å². The first-order valence-electron chi connectivity index (χ1n) is 5.84. The number of carboxylic acids is 1. The third-order valence-electron chi connectivity index (χ3n) is 2.80. The van der Waals surface area contributed by atoms with Gasteiger partial charge in [0.05, 0.1) is 16.1 Å². The van der Waals surface area contributed by atoms with Gasteiger partial charge in [-0.05, 0) is 53.8 Å². The zero-order valence-electron chi connectivity index (χ0n) is 10.9. The molecule has 0 radical (unpaired) electrons. The molecule has 0 saturated heterocycles. The van der Waals surface area contributed by atoms with Crippen molar-refractivity contribution in [2.45, 2.75) is 6.92 Å². The highest BCUT2D eigenvalue weighted by molar-refractivity contribution is 14.1. The SMILES string of the molecule is Cc1c(Oc2cccc(I)c2)cc(C(=O)O)cc1[N+](=O)[O-]. The maximum atomic E-state index is 11.1. The lowest BCUT2D eigenvalue weighted by Gasteiger charge is -2.10. The van der Waals surface area contributed by atoms with Crippen molar-refractivity contribution in [3.63, 3.8) is 0 Å². The van der Waals surface area contributed by atoms with Crippen LogP contribution in [0.5, 0.6) is 11.5 Å². The summed E-state index contributed by atoms with van der Waals surface area (Å²) in [6, 6.07) is 9.41. The van der Waals surface area contributed by atoms with E-state index in [1.807, 2.05) is 6.07 Å². The second-order valence-electron chi connectivity index (χ2n) is 4.24. The Balaban J connectivity index is 2.51. The third-order valence-corrected chi connectivity index (χ3v) is 3.47. The minimum Gasteiger partial charge on any atom is -0.478 e. The summed E-state index contributed by atoms with van der Waals surface area (Å²) < 4.78 is 6.54. The Bertz CT molecular complexity index is 729. The monoisotopic (exact) mass is 399 g/mol. The Morgan fingerprint density at radius 1 is 1.33 bits per heavy atom. The van der Waals surface area contributed by atoms with Gasteiger partial charge in [-0.1, -0.05) is 6.07 Å². The van der Waals surface area contributed by atoms with Gasteiger partial charge in [-0.15, -0.1) is 0 Å². The lowest BCUT2D eigenvalue weighted by molar-refractivity contribution is -0.385. The summed E-state index contributed by atoms with van der Waals surface area (Å²) in [6.07, 6.45) is 0. The van der Waals surface area contributed by atoms with Crippen molar-refractivity contribution in [2.75, 3.05) is 0 Å². The van der Waals surface area contributed by atoms with Crippen LogP contribution in [-0.2, 0) is 0 Å². The molecule has 0 heterocycles. The molecule has 0 amide bonds. The summed E-state index contributed by atoms with van der Waals surface area (Å²) in [6.45, 7) is 1.52. The molecule has 2 aromatic carbocycles. The summed E-state index contributed by atoms with van der Waals surface area (Å²) in [5.74, 6) is -0.601. The maximum absolute atomic E-state index is 11.1. The van der Waals surface area contributed by atoms with Crippen molar-refractivity contribution in [2.24, 2.45) is 0 Å². The largest absolute Gasteiger partial charge is 0.478 e. The first kappa shape index (κ1) is 15.2. The highest BCUT2D eigenvalue weighted by Crippen LogP contribution is 2.33. The second kappa shape index (κ2) is 6.08. The van der Waals surface area contributed by atoms with E-state index < -0.39 is 10.9 Å². The number of nitro groups is 1. The van der Waals surface area contributed by atoms with Crippen LogP contribution in [0, 0.1) is 20.6 Å². The quantitative estimate of drug-likeness (QED) is 0.477. The fourth-order valence-corrected chi connectivity index (χ4v) is 2.26. The van der Waals surface area contributed by atoms with Crippen molar-refractivity contribution in [1.82, 2.24) is 0 Å². The van der Waals surface area contributed by atoms with E-state index in [-0.39, 0.29) is 22.6 Å². The van der Waals surface area contributed by atoms with E-state index >= 15 is 0 Å². The summed E-state index contributed by atoms with van der Waals surface area (Å²) in [5.41, 5.74) is -0.188. The van der Waals surface area contributed by atoms with Gasteiger partial charge in [0.2, 0.25) is 0 Å². The fraction of sp³-hybridized carbons (Fsp3) is 0.0714. The van der Waals surface area contributed by atoms with E-state index in [0.29, 0.717) is 5.75 Å². The van der Waals surface area contributed by atoms with E-state index in [1.165, 1.54) is 13.0 Å². The highest BCUT2D eigenvalue weighted by atomic mass is 127. The van der Waals surface area contributed by atoms with Gasteiger partial charge in [0.15, 0.2) is 0 Å². The van der Waals surface area contributed by atoms with Crippen molar-refractivity contribution in [3.8, 4) is 11.5 Å². The smallest absolute Gasteiger partial charge is 0.336 e. The molecule has 108 valence electrons. The lowest BCUT2D eigenvalue weighted by atomic mass is 10.1. The number of aromatic carboxylic acids is 1. The molecule has 6 nitrogen and oxygen atoms in total. The average Bonchev–Trinajstić information content (AvgIpc) is 2.40. The van der Waals surface area contributed by atoms with Crippen LogP contribution < -0.4 is 4.74 Å². The van der Waals surface area contributed by atoms with Crippen LogP contribution in [0.3, 0.4) is 0 Å². The highest BCUT2D eigenvalue weighted by Gasteiger charge is 2.20. The number of hydrogen-bond donors (Lipinski definition) is 1. The molecule has 0 unspecified atom stereocenters. The van der Waals surface area contributed by atoms with Gasteiger partial charge in [-0.25, -0.2) is 4.79 Å². The van der Waals surface area contributed by atoms with Crippen LogP contribution in [0.25, 0.3) is 0 Å². The lowest BCUT2D eigenvalue weighted by Crippen LogP contribution is -2.02. The number of rotatable bonds is 4. The van der Waals surface area contributed by atoms with Crippen LogP contribution in [0.15, 0.2) is 36.4 Å². The van der Waals surface area contributed by atoms with Crippen LogP contribution in [0.1, 0.15) is 15.9 Å². The van der Waals surface area contributed by atoms with Gasteiger partial charge in [0.1, 0.15) is 11.5 Å². The molecule has 21 heavy (non-hydrogen) atoms. The molecule has 1 N–H and O–H groups in total. The molecule has 0 spiro atoms. The number of carbonyl (C=O) groups is 1. The summed E-state index contributed by atoms with van der Waals surface area (Å²) in [5, 5.41) is 20.0. The second-order valence-corrected chi connectivity index (χ2v) is 5.49. The number of nitrogens with zero attached hydrogens (tertiary/aromatic N) is 1. The van der Waals surface area contributed by atoms with E-state index in [4.69, 9.17) is 9.84 Å². The Morgan fingerprint density at radius 3 is 2.62 bits per heavy atom. The molecule has 7 heteroatoms. The Labute approximate surface area is 133 Å². The Kier molecular flexibility index (Phi) is 4.41. The molecule has 0 aromatic heterocycles. The third kappa shape index (κ3) is 3.48. The molecule has 2 aromatic rings. The Morgan fingerprint density at radius 2 is 2.05 bits per heavy atom. The van der Waals surface area contributed by atoms with Crippen LogP contribution >= 0.6 is 22.6 Å². The summed E-state index contributed by atoms with van der Waals surface area (Å²) in [4.78, 5) is 21.5. The zero-order valence-corrected chi connectivity index (χ0v) is 13.0. The summed E-state index contributed by atoms with van der Waals surface area (Å²) in [7, 11) is 0. The molecular formula is C14H10INO5. The van der Waals surface area contributed by atoms with Gasteiger partial charge in [0, 0.05) is 9.64 Å². The van der Waals surface area contributed by atoms with Crippen LogP contribution in [0.4, 0.5) is 5.69 Å². The molecule has 0 saturated carbocycles. The molecule has 0 fully saturated rings. The number of halogens is 1. The number of hydrogen-bond acceptors (Lipinski definition) is 4. The summed E-state index contributed by atoms with van der Waals surface area (Å²) >= 11 is 2.11. The number of nitro benzene ring substituents is 1. The average molecular weight is 399 g/mol. The molecule has 0 aliphatic rings. The fourth-order valence-electron chi connectivity index (χ4n) is 1.75. The minimum absolute atomic E-state index is 0.156. The number of ether oxygens (including phenoxy) is 1. The first-order valence-corrected chi connectivity index (χ1v) is 6.92. The predicted molar refractivity (Wildman–Crippen MR) is 84.0 cm³/mol. The topological polar surface area (TPSA) is 89.7 Å². The van der Waals surface area contributed by atoms with Crippen molar-refractivity contribution in [3.05, 3.63) is 61.2 Å².